The minimum atomic E-state index is -4.78. The molecule has 29 heavy (non-hydrogen) atoms. The van der Waals surface area contributed by atoms with Crippen LogP contribution >= 0.6 is 0 Å². The number of carboxylic acid groups (broad SMARTS) is 1. The van der Waals surface area contributed by atoms with Gasteiger partial charge in [-0.2, -0.15) is 18.2 Å². The number of β-amino-alcohol motifs (C(OH)–C–C–N with tert-alkyl or cyclic N) is 1. The molecule has 5 atom stereocenters. The number of piperidine rings is 1. The highest BCUT2D eigenvalue weighted by Gasteiger charge is 2.57. The Labute approximate surface area is 164 Å². The number of anilines is 2. The van der Waals surface area contributed by atoms with Gasteiger partial charge in [-0.3, -0.25) is 4.79 Å². The molecule has 0 bridgehead atoms. The lowest BCUT2D eigenvalue weighted by molar-refractivity contribution is -0.142. The molecule has 2 saturated heterocycles. The third-order valence-electron chi connectivity index (χ3n) is 5.90. The Balaban J connectivity index is 1.67. The molecule has 4 rings (SSSR count). The van der Waals surface area contributed by atoms with E-state index >= 15 is 0 Å². The molecule has 3 fully saturated rings. The van der Waals surface area contributed by atoms with Crippen LogP contribution in [0.3, 0.4) is 0 Å². The maximum absolute atomic E-state index is 13.7. The molecule has 8 nitrogen and oxygen atoms in total. The number of nitrogens with zero attached hydrogens (tertiary/aromatic N) is 4. The first-order valence-corrected chi connectivity index (χ1v) is 9.06. The van der Waals surface area contributed by atoms with Crippen LogP contribution in [0.15, 0.2) is 0 Å². The van der Waals surface area contributed by atoms with E-state index in [1.54, 1.807) is 4.90 Å². The van der Waals surface area contributed by atoms with Gasteiger partial charge in [0.05, 0.1) is 13.7 Å². The fourth-order valence-corrected chi connectivity index (χ4v) is 4.37. The minimum absolute atomic E-state index is 0.00302. The number of hydrogen-bond donors (Lipinski definition) is 2. The van der Waals surface area contributed by atoms with Crippen molar-refractivity contribution in [3.05, 3.63) is 5.69 Å². The van der Waals surface area contributed by atoms with Crippen molar-refractivity contribution in [3.8, 4) is 18.1 Å². The van der Waals surface area contributed by atoms with Gasteiger partial charge in [0.25, 0.3) is 0 Å². The van der Waals surface area contributed by atoms with Crippen LogP contribution in [-0.4, -0.2) is 65.0 Å². The maximum atomic E-state index is 13.7. The van der Waals surface area contributed by atoms with Crippen molar-refractivity contribution < 1.29 is 32.9 Å². The van der Waals surface area contributed by atoms with Crippen molar-refractivity contribution >= 4 is 17.7 Å². The number of aliphatic hydroxyl groups is 1. The minimum Gasteiger partial charge on any atom is -0.491 e. The average Bonchev–Trinajstić information content (AvgIpc) is 3.07. The van der Waals surface area contributed by atoms with Crippen LogP contribution in [0.4, 0.5) is 24.9 Å². The van der Waals surface area contributed by atoms with Crippen LogP contribution in [0.5, 0.6) is 5.75 Å². The van der Waals surface area contributed by atoms with Crippen molar-refractivity contribution in [3.63, 3.8) is 0 Å². The first kappa shape index (κ1) is 19.6. The van der Waals surface area contributed by atoms with Gasteiger partial charge in [-0.1, -0.05) is 5.92 Å². The summed E-state index contributed by atoms with van der Waals surface area (Å²) in [7, 11) is 1.12. The number of halogens is 3. The highest BCUT2D eigenvalue weighted by Crippen LogP contribution is 2.55. The zero-order chi connectivity index (χ0) is 21.1. The van der Waals surface area contributed by atoms with E-state index in [1.165, 1.54) is 4.90 Å². The normalized spacial score (nSPS) is 30.4. The van der Waals surface area contributed by atoms with Gasteiger partial charge in [-0.05, 0) is 17.8 Å². The van der Waals surface area contributed by atoms with Crippen LogP contribution in [0.25, 0.3) is 0 Å². The molecule has 1 aromatic heterocycles. The fraction of sp³-hybridized carbons (Fsp3) is 0.611. The van der Waals surface area contributed by atoms with E-state index in [2.05, 4.69) is 15.9 Å². The van der Waals surface area contributed by atoms with Gasteiger partial charge < -0.3 is 24.7 Å². The summed E-state index contributed by atoms with van der Waals surface area (Å²) < 4.78 is 46.0. The Morgan fingerprint density at radius 2 is 1.97 bits per heavy atom. The number of aliphatic hydroxyl groups excluding tert-OH is 1. The predicted molar refractivity (Wildman–Crippen MR) is 94.5 cm³/mol. The van der Waals surface area contributed by atoms with E-state index in [0.29, 0.717) is 13.1 Å². The molecular formula is C18H19F3N4O4. The Morgan fingerprint density at radius 3 is 2.45 bits per heavy atom. The molecule has 156 valence electrons. The quantitative estimate of drug-likeness (QED) is 0.687. The Hall–Kier alpha value is -2.74. The number of fused-ring (bicyclic) bond motifs is 1. The van der Waals surface area contributed by atoms with Gasteiger partial charge in [0.15, 0.2) is 17.3 Å². The third kappa shape index (κ3) is 3.21. The number of carbonyl (C=O) groups is 1. The smallest absolute Gasteiger partial charge is 0.437 e. The van der Waals surface area contributed by atoms with Crippen LogP contribution in [-0.2, 0) is 11.0 Å². The van der Waals surface area contributed by atoms with Crippen molar-refractivity contribution in [1.82, 2.24) is 9.97 Å². The van der Waals surface area contributed by atoms with Gasteiger partial charge >= 0.3 is 12.1 Å². The summed E-state index contributed by atoms with van der Waals surface area (Å²) in [6.07, 6.45) is -0.225. The summed E-state index contributed by atoms with van der Waals surface area (Å²) in [5.74, 6) is 1.00. The van der Waals surface area contributed by atoms with Crippen LogP contribution < -0.4 is 14.5 Å². The number of ether oxygens (including phenoxy) is 1. The van der Waals surface area contributed by atoms with Crippen LogP contribution in [0.2, 0.25) is 0 Å². The van der Waals surface area contributed by atoms with Crippen molar-refractivity contribution in [2.75, 3.05) is 36.5 Å². The van der Waals surface area contributed by atoms with Gasteiger partial charge in [0.1, 0.15) is 12.1 Å². The van der Waals surface area contributed by atoms with Gasteiger partial charge in [-0.25, -0.2) is 4.98 Å². The Morgan fingerprint density at radius 1 is 1.31 bits per heavy atom. The predicted octanol–water partition coefficient (Wildman–Crippen LogP) is 0.844. The number of aliphatic carboxylic acids is 1. The molecule has 2 aliphatic heterocycles. The maximum Gasteiger partial charge on any atom is 0.437 e. The number of carboxylic acids is 1. The fourth-order valence-electron chi connectivity index (χ4n) is 4.37. The highest BCUT2D eigenvalue weighted by molar-refractivity contribution is 5.68. The second-order valence-electron chi connectivity index (χ2n) is 7.55. The van der Waals surface area contributed by atoms with E-state index < -0.39 is 35.7 Å². The Bertz CT molecular complexity index is 875. The van der Waals surface area contributed by atoms with Gasteiger partial charge in [0, 0.05) is 19.5 Å². The zero-order valence-corrected chi connectivity index (χ0v) is 15.4. The zero-order valence-electron chi connectivity index (χ0n) is 15.4. The molecule has 0 amide bonds. The molecule has 1 aliphatic carbocycles. The van der Waals surface area contributed by atoms with Gasteiger partial charge in [-0.15, -0.1) is 6.42 Å². The summed E-state index contributed by atoms with van der Waals surface area (Å²) in [5.41, 5.74) is -1.21. The lowest BCUT2D eigenvalue weighted by Gasteiger charge is -2.42. The number of hydrogen-bond acceptors (Lipinski definition) is 7. The number of methoxy groups -OCH3 is 1. The lowest BCUT2D eigenvalue weighted by atomic mass is 10.0. The largest absolute Gasteiger partial charge is 0.491 e. The van der Waals surface area contributed by atoms with E-state index in [0.717, 1.165) is 7.11 Å². The van der Waals surface area contributed by atoms with E-state index in [4.69, 9.17) is 16.3 Å². The van der Waals surface area contributed by atoms with Crippen molar-refractivity contribution in [2.24, 2.45) is 17.8 Å². The van der Waals surface area contributed by atoms with Gasteiger partial charge in [0.2, 0.25) is 5.95 Å². The van der Waals surface area contributed by atoms with E-state index in [-0.39, 0.29) is 42.5 Å². The summed E-state index contributed by atoms with van der Waals surface area (Å²) in [4.78, 5) is 21.9. The molecule has 0 aromatic carbocycles. The van der Waals surface area contributed by atoms with Crippen molar-refractivity contribution in [1.29, 1.82) is 0 Å². The second-order valence-corrected chi connectivity index (χ2v) is 7.55. The molecule has 3 aliphatic rings. The average molecular weight is 412 g/mol. The van der Waals surface area contributed by atoms with Crippen LogP contribution in [0.1, 0.15) is 12.1 Å². The summed E-state index contributed by atoms with van der Waals surface area (Å²) in [6.45, 7) is 0.825. The lowest BCUT2D eigenvalue weighted by Crippen LogP contribution is -2.60. The van der Waals surface area contributed by atoms with E-state index in [9.17, 15) is 23.1 Å². The van der Waals surface area contributed by atoms with Crippen LogP contribution in [0, 0.1) is 30.1 Å². The number of alkyl halides is 3. The number of terminal acetylenes is 1. The molecule has 3 heterocycles. The molecule has 2 N–H and O–H groups in total. The standard InChI is InChI=1S/C18H19F3N4O4/c1-3-11-12(26)7-25(11)17-22-15(18(19,20)21)14(29-2)16(23-17)24-5-9-8(4-13(27)28)10(9)6-24/h1,8-12,26H,4-7H2,2H3,(H,27,28)/t8?,9-,10+,11-,12+/m0/s1. The summed E-state index contributed by atoms with van der Waals surface area (Å²) in [5, 5.41) is 18.7. The Kier molecular flexibility index (Phi) is 4.49. The first-order chi connectivity index (χ1) is 13.7. The summed E-state index contributed by atoms with van der Waals surface area (Å²) >= 11 is 0. The third-order valence-corrected chi connectivity index (χ3v) is 5.90. The van der Waals surface area contributed by atoms with E-state index in [1.807, 2.05) is 0 Å². The monoisotopic (exact) mass is 412 g/mol. The molecule has 0 spiro atoms. The summed E-state index contributed by atoms with van der Waals surface area (Å²) in [6, 6.07) is -0.802. The number of aromatic nitrogens is 2. The molecule has 1 aromatic rings. The molecule has 1 saturated carbocycles. The number of rotatable bonds is 5. The topological polar surface area (TPSA) is 99.0 Å². The first-order valence-electron chi connectivity index (χ1n) is 9.06. The molecule has 11 heteroatoms. The highest BCUT2D eigenvalue weighted by atomic mass is 19.4. The molecule has 0 radical (unpaired) electrons. The van der Waals surface area contributed by atoms with Crippen molar-refractivity contribution in [2.45, 2.75) is 24.7 Å². The molecule has 1 unspecified atom stereocenters. The molecular weight excluding hydrogens is 393 g/mol. The SMILES string of the molecule is C#C[C@H]1[C@H](O)CN1c1nc(N2C[C@@H]3C(CC(=O)O)[C@@H]3C2)c(OC)c(C(F)(F)F)n1. The second kappa shape index (κ2) is 6.66.